The van der Waals surface area contributed by atoms with Gasteiger partial charge in [-0.15, -0.1) is 0 Å². The lowest BCUT2D eigenvalue weighted by Gasteiger charge is -2.15. The molecule has 13 heteroatoms. The molecule has 0 aromatic heterocycles. The lowest BCUT2D eigenvalue weighted by molar-refractivity contribution is 0.0954. The molecule has 3 rings (SSSR count). The summed E-state index contributed by atoms with van der Waals surface area (Å²) in [6.45, 7) is -0.00359. The second kappa shape index (κ2) is 13.4. The Kier molecular flexibility index (Phi) is 10.5. The van der Waals surface area contributed by atoms with E-state index < -0.39 is 5.91 Å². The zero-order valence-corrected chi connectivity index (χ0v) is 24.2. The molecule has 0 heterocycles. The van der Waals surface area contributed by atoms with Crippen LogP contribution in [0.3, 0.4) is 0 Å². The van der Waals surface area contributed by atoms with Crippen molar-refractivity contribution in [1.82, 2.24) is 5.43 Å². The molecule has 0 saturated heterocycles. The van der Waals surface area contributed by atoms with Crippen LogP contribution in [0.1, 0.15) is 21.5 Å². The van der Waals surface area contributed by atoms with Crippen molar-refractivity contribution in [3.8, 4) is 28.7 Å². The normalized spacial score (nSPS) is 10.9. The number of amides is 1. The number of hydrazone groups is 1. The van der Waals surface area contributed by atoms with Crippen LogP contribution in [-0.4, -0.2) is 40.6 Å². The second-order valence-electron chi connectivity index (χ2n) is 7.37. The Hall–Kier alpha value is -2.75. The number of rotatable bonds is 10. The van der Waals surface area contributed by atoms with Crippen molar-refractivity contribution in [3.63, 3.8) is 0 Å². The monoisotopic (exact) mass is 620 g/mol. The van der Waals surface area contributed by atoms with Crippen molar-refractivity contribution in [3.05, 3.63) is 72.1 Å². The molecule has 0 unspecified atom stereocenters. The van der Waals surface area contributed by atoms with E-state index in [0.717, 1.165) is 0 Å². The number of nitrogens with one attached hydrogen (secondary N) is 1. The van der Waals surface area contributed by atoms with Gasteiger partial charge >= 0.3 is 0 Å². The minimum absolute atomic E-state index is 0.00359. The van der Waals surface area contributed by atoms with E-state index in [2.05, 4.69) is 10.5 Å². The summed E-state index contributed by atoms with van der Waals surface area (Å²) in [5, 5.41) is 4.16. The lowest BCUT2D eigenvalue weighted by Crippen LogP contribution is -2.18. The highest BCUT2D eigenvalue weighted by atomic mass is 35.5. The number of ether oxygens (including phenoxy) is 5. The topological polar surface area (TPSA) is 87.6 Å². The third kappa shape index (κ3) is 6.45. The van der Waals surface area contributed by atoms with E-state index in [-0.39, 0.29) is 43.0 Å². The number of benzene rings is 3. The van der Waals surface area contributed by atoms with Crippen molar-refractivity contribution < 1.29 is 28.5 Å². The maximum atomic E-state index is 12.7. The number of halogens is 5. The average Bonchev–Trinajstić information content (AvgIpc) is 2.94. The van der Waals surface area contributed by atoms with E-state index in [1.165, 1.54) is 46.8 Å². The molecule has 0 atom stereocenters. The van der Waals surface area contributed by atoms with Crippen LogP contribution in [-0.2, 0) is 6.61 Å². The van der Waals surface area contributed by atoms with Crippen LogP contribution in [0.15, 0.2) is 35.4 Å². The summed E-state index contributed by atoms with van der Waals surface area (Å²) < 4.78 is 27.1. The van der Waals surface area contributed by atoms with Crippen molar-refractivity contribution >= 4 is 70.1 Å². The zero-order chi connectivity index (χ0) is 28.0. The molecule has 38 heavy (non-hydrogen) atoms. The van der Waals surface area contributed by atoms with Crippen LogP contribution in [0.4, 0.5) is 0 Å². The smallest absolute Gasteiger partial charge is 0.271 e. The highest BCUT2D eigenvalue weighted by molar-refractivity contribution is 6.55. The Labute approximate surface area is 244 Å². The minimum atomic E-state index is -0.488. The lowest BCUT2D eigenvalue weighted by atomic mass is 10.1. The number of methoxy groups -OCH3 is 4. The highest BCUT2D eigenvalue weighted by Crippen LogP contribution is 2.48. The van der Waals surface area contributed by atoms with Crippen LogP contribution in [0.25, 0.3) is 0 Å². The standard InChI is InChI=1S/C25H21Cl5N2O6/c1-34-15-6-5-12(7-14(15)11-38-24-21(29)19(27)18(26)20(28)22(24)30)10-31-32-25(33)13-8-16(35-2)23(37-4)17(9-13)36-3/h5-10H,11H2,1-4H3,(H,32,33). The molecule has 0 saturated carbocycles. The predicted octanol–water partition coefficient (Wildman–Crippen LogP) is 7.33. The summed E-state index contributed by atoms with van der Waals surface area (Å²) in [4.78, 5) is 12.7. The molecule has 0 fully saturated rings. The number of carbonyl (C=O) groups is 1. The third-order valence-corrected chi connectivity index (χ3v) is 7.39. The largest absolute Gasteiger partial charge is 0.496 e. The molecule has 0 spiro atoms. The van der Waals surface area contributed by atoms with Gasteiger partial charge in [-0.05, 0) is 35.9 Å². The van der Waals surface area contributed by atoms with E-state index in [9.17, 15) is 4.79 Å². The minimum Gasteiger partial charge on any atom is -0.496 e. The van der Waals surface area contributed by atoms with Gasteiger partial charge in [-0.3, -0.25) is 4.79 Å². The zero-order valence-electron chi connectivity index (χ0n) is 20.5. The first-order valence-electron chi connectivity index (χ1n) is 10.6. The fraction of sp³-hybridized carbons (Fsp3) is 0.200. The quantitative estimate of drug-likeness (QED) is 0.110. The molecule has 0 radical (unpaired) electrons. The van der Waals surface area contributed by atoms with Gasteiger partial charge in [0, 0.05) is 11.1 Å². The maximum Gasteiger partial charge on any atom is 0.271 e. The fourth-order valence-electron chi connectivity index (χ4n) is 3.30. The van der Waals surface area contributed by atoms with Gasteiger partial charge in [0.25, 0.3) is 5.91 Å². The molecule has 3 aromatic rings. The van der Waals surface area contributed by atoms with Crippen molar-refractivity contribution in [2.24, 2.45) is 5.10 Å². The number of nitrogens with zero attached hydrogens (tertiary/aromatic N) is 1. The van der Waals surface area contributed by atoms with Crippen molar-refractivity contribution in [2.75, 3.05) is 28.4 Å². The van der Waals surface area contributed by atoms with Gasteiger partial charge in [0.05, 0.1) is 49.7 Å². The van der Waals surface area contributed by atoms with Gasteiger partial charge < -0.3 is 23.7 Å². The van der Waals surface area contributed by atoms with E-state index in [1.54, 1.807) is 18.2 Å². The van der Waals surface area contributed by atoms with Crippen LogP contribution in [0, 0.1) is 0 Å². The molecular formula is C25H21Cl5N2O6. The van der Waals surface area contributed by atoms with Crippen molar-refractivity contribution in [1.29, 1.82) is 0 Å². The molecule has 0 bridgehead atoms. The average molecular weight is 623 g/mol. The molecule has 1 N–H and O–H groups in total. The van der Waals surface area contributed by atoms with Crippen LogP contribution in [0.5, 0.6) is 28.7 Å². The molecular weight excluding hydrogens is 602 g/mol. The van der Waals surface area contributed by atoms with E-state index in [0.29, 0.717) is 34.1 Å². The predicted molar refractivity (Wildman–Crippen MR) is 150 cm³/mol. The van der Waals surface area contributed by atoms with Gasteiger partial charge in [-0.2, -0.15) is 5.10 Å². The SMILES string of the molecule is COc1ccc(C=NNC(=O)c2cc(OC)c(OC)c(OC)c2)cc1COc1c(Cl)c(Cl)c(Cl)c(Cl)c1Cl. The van der Waals surface area contributed by atoms with Crippen LogP contribution >= 0.6 is 58.0 Å². The summed E-state index contributed by atoms with van der Waals surface area (Å²) in [5.41, 5.74) is 3.99. The molecule has 3 aromatic carbocycles. The van der Waals surface area contributed by atoms with Crippen molar-refractivity contribution in [2.45, 2.75) is 6.61 Å². The first-order chi connectivity index (χ1) is 18.2. The Morgan fingerprint density at radius 2 is 1.32 bits per heavy atom. The van der Waals surface area contributed by atoms with Crippen LogP contribution in [0.2, 0.25) is 25.1 Å². The Morgan fingerprint density at radius 3 is 1.84 bits per heavy atom. The maximum absolute atomic E-state index is 12.7. The summed E-state index contributed by atoms with van der Waals surface area (Å²) in [6, 6.07) is 8.23. The molecule has 202 valence electrons. The van der Waals surface area contributed by atoms with Gasteiger partial charge in [0.2, 0.25) is 5.75 Å². The first kappa shape index (κ1) is 29.8. The van der Waals surface area contributed by atoms with E-state index in [1.807, 2.05) is 0 Å². The molecule has 8 nitrogen and oxygen atoms in total. The third-order valence-electron chi connectivity index (χ3n) is 5.15. The Bertz CT molecular complexity index is 1330. The first-order valence-corrected chi connectivity index (χ1v) is 12.5. The van der Waals surface area contributed by atoms with Gasteiger partial charge in [-0.25, -0.2) is 5.43 Å². The van der Waals surface area contributed by atoms with Crippen LogP contribution < -0.4 is 29.1 Å². The number of carbonyl (C=O) groups excluding carboxylic acids is 1. The van der Waals surface area contributed by atoms with Gasteiger partial charge in [-0.1, -0.05) is 58.0 Å². The molecule has 1 amide bonds. The summed E-state index contributed by atoms with van der Waals surface area (Å²) >= 11 is 30.8. The van der Waals surface area contributed by atoms with Gasteiger partial charge in [0.1, 0.15) is 22.4 Å². The van der Waals surface area contributed by atoms with E-state index >= 15 is 0 Å². The summed E-state index contributed by atoms with van der Waals surface area (Å²) in [6.07, 6.45) is 1.45. The Balaban J connectivity index is 1.78. The second-order valence-corrected chi connectivity index (χ2v) is 9.26. The number of hydrogen-bond acceptors (Lipinski definition) is 7. The summed E-state index contributed by atoms with van der Waals surface area (Å²) in [5.74, 6) is 1.16. The summed E-state index contributed by atoms with van der Waals surface area (Å²) in [7, 11) is 5.90. The fourth-order valence-corrected chi connectivity index (χ4v) is 4.53. The Morgan fingerprint density at radius 1 is 0.763 bits per heavy atom. The molecule has 0 aliphatic carbocycles. The highest BCUT2D eigenvalue weighted by Gasteiger charge is 2.21. The van der Waals surface area contributed by atoms with E-state index in [4.69, 9.17) is 81.7 Å². The van der Waals surface area contributed by atoms with Gasteiger partial charge in [0.15, 0.2) is 17.2 Å². The molecule has 0 aliphatic heterocycles. The number of hydrogen-bond donors (Lipinski definition) is 1. The molecule has 0 aliphatic rings.